The number of hydrogen-bond donors (Lipinski definition) is 1. The van der Waals surface area contributed by atoms with Crippen LogP contribution in [0.2, 0.25) is 0 Å². The third-order valence-electron chi connectivity index (χ3n) is 9.08. The highest BCUT2D eigenvalue weighted by molar-refractivity contribution is 7.89. The van der Waals surface area contributed by atoms with Crippen molar-refractivity contribution in [1.82, 2.24) is 14.1 Å². The highest BCUT2D eigenvalue weighted by atomic mass is 32.2. The summed E-state index contributed by atoms with van der Waals surface area (Å²) in [5.74, 6) is 1.35. The Morgan fingerprint density at radius 2 is 1.60 bits per heavy atom. The van der Waals surface area contributed by atoms with E-state index in [1.165, 1.54) is 15.1 Å². The number of aromatic nitrogens is 2. The first kappa shape index (κ1) is 32.4. The van der Waals surface area contributed by atoms with Crippen molar-refractivity contribution in [3.05, 3.63) is 123 Å². The molecule has 12 heteroatoms. The second-order valence-electron chi connectivity index (χ2n) is 12.1. The summed E-state index contributed by atoms with van der Waals surface area (Å²) in [5, 5.41) is 28.0. The van der Waals surface area contributed by atoms with Gasteiger partial charge in [-0.3, -0.25) is 14.8 Å². The van der Waals surface area contributed by atoms with Gasteiger partial charge in [0.1, 0.15) is 17.1 Å². The van der Waals surface area contributed by atoms with E-state index < -0.39 is 15.6 Å². The molecule has 2 aliphatic rings. The number of nitro groups is 1. The number of methoxy groups -OCH3 is 2. The van der Waals surface area contributed by atoms with Crippen molar-refractivity contribution in [1.29, 1.82) is 0 Å². The van der Waals surface area contributed by atoms with Crippen LogP contribution in [-0.4, -0.2) is 46.8 Å². The number of benzene rings is 3. The zero-order valence-corrected chi connectivity index (χ0v) is 27.3. The molecule has 11 nitrogen and oxygen atoms in total. The highest BCUT2D eigenvalue weighted by Gasteiger charge is 2.44. The monoisotopic (exact) mass is 658 g/mol. The van der Waals surface area contributed by atoms with Crippen molar-refractivity contribution >= 4 is 15.7 Å². The smallest absolute Gasteiger partial charge is 0.279 e. The fraction of sp³-hybridized carbons (Fsp3) is 0.343. The predicted octanol–water partition coefficient (Wildman–Crippen LogP) is 5.47. The number of aliphatic hydroxyl groups is 1. The number of allylic oxidation sites excluding steroid dienone is 1. The fourth-order valence-corrected chi connectivity index (χ4v) is 7.98. The third-order valence-corrected chi connectivity index (χ3v) is 10.8. The van der Waals surface area contributed by atoms with Gasteiger partial charge in [-0.1, -0.05) is 42.5 Å². The average Bonchev–Trinajstić information content (AvgIpc) is 3.82. The van der Waals surface area contributed by atoms with Crippen LogP contribution in [0.1, 0.15) is 52.6 Å². The van der Waals surface area contributed by atoms with Crippen LogP contribution in [0.5, 0.6) is 11.5 Å². The molecule has 1 atom stereocenters. The SMILES string of the molecule is COc1ccc(CN(Cc2ccc(OC)cc2)S(=O)(=O)c2ccn(CC=CCC3(O)CCc4cc5c(c([N+](=O)[O-])c43)CCC5)n2)cc1. The minimum absolute atomic E-state index is 0.0826. The molecule has 3 aromatic carbocycles. The number of hydrogen-bond acceptors (Lipinski definition) is 8. The first-order chi connectivity index (χ1) is 22.6. The minimum Gasteiger partial charge on any atom is -0.497 e. The lowest BCUT2D eigenvalue weighted by Gasteiger charge is -2.23. The van der Waals surface area contributed by atoms with Crippen molar-refractivity contribution in [3.8, 4) is 11.5 Å². The Morgan fingerprint density at radius 3 is 2.19 bits per heavy atom. The van der Waals surface area contributed by atoms with E-state index in [9.17, 15) is 23.6 Å². The summed E-state index contributed by atoms with van der Waals surface area (Å²) >= 11 is 0. The van der Waals surface area contributed by atoms with Gasteiger partial charge in [0.05, 0.1) is 31.3 Å². The van der Waals surface area contributed by atoms with Gasteiger partial charge in [0.25, 0.3) is 15.7 Å². The molecule has 0 radical (unpaired) electrons. The summed E-state index contributed by atoms with van der Waals surface area (Å²) in [4.78, 5) is 11.8. The van der Waals surface area contributed by atoms with Crippen LogP contribution in [-0.2, 0) is 54.5 Å². The Balaban J connectivity index is 1.18. The number of nitro benzene ring substituents is 1. The zero-order chi connectivity index (χ0) is 33.2. The number of rotatable bonds is 13. The Labute approximate surface area is 274 Å². The summed E-state index contributed by atoms with van der Waals surface area (Å²) in [6, 6.07) is 18.0. The van der Waals surface area contributed by atoms with Gasteiger partial charge >= 0.3 is 0 Å². The van der Waals surface area contributed by atoms with E-state index in [2.05, 4.69) is 5.10 Å². The predicted molar refractivity (Wildman–Crippen MR) is 176 cm³/mol. The molecule has 1 heterocycles. The molecule has 0 aliphatic heterocycles. The molecule has 6 rings (SSSR count). The van der Waals surface area contributed by atoms with Crippen molar-refractivity contribution < 1.29 is 27.9 Å². The molecule has 47 heavy (non-hydrogen) atoms. The van der Waals surface area contributed by atoms with Crippen LogP contribution in [0.4, 0.5) is 5.69 Å². The fourth-order valence-electron chi connectivity index (χ4n) is 6.64. The topological polar surface area (TPSA) is 137 Å². The van der Waals surface area contributed by atoms with Gasteiger partial charge in [-0.05, 0) is 91.1 Å². The van der Waals surface area contributed by atoms with E-state index in [1.54, 1.807) is 56.8 Å². The van der Waals surface area contributed by atoms with Gasteiger partial charge in [0.2, 0.25) is 0 Å². The first-order valence-corrected chi connectivity index (χ1v) is 17.0. The number of aryl methyl sites for hydroxylation is 2. The number of nitrogens with zero attached hydrogens (tertiary/aromatic N) is 4. The minimum atomic E-state index is -4.00. The van der Waals surface area contributed by atoms with E-state index in [4.69, 9.17) is 9.47 Å². The summed E-state index contributed by atoms with van der Waals surface area (Å²) in [5.41, 5.74) is 3.46. The maximum Gasteiger partial charge on any atom is 0.279 e. The molecule has 1 N–H and O–H groups in total. The van der Waals surface area contributed by atoms with E-state index >= 15 is 0 Å². The molecule has 0 saturated heterocycles. The average molecular weight is 659 g/mol. The standard InChI is InChI=1S/C35H38N4O7S/c1-45-29-12-8-25(9-13-29)23-38(24-26-10-14-30(46-2)15-11-26)47(43,44)32-17-21-37(36-32)20-4-3-18-35(40)19-16-28-22-27-6-5-7-31(27)34(33(28)35)39(41)42/h3-4,8-15,17,21-22,40H,5-7,16,18-20,23-24H2,1-2H3. The second-order valence-corrected chi connectivity index (χ2v) is 13.9. The number of ether oxygens (including phenoxy) is 2. The summed E-state index contributed by atoms with van der Waals surface area (Å²) in [6.07, 6.45) is 8.80. The van der Waals surface area contributed by atoms with Crippen LogP contribution in [0.25, 0.3) is 0 Å². The Kier molecular flexibility index (Phi) is 9.18. The maximum absolute atomic E-state index is 13.9. The van der Waals surface area contributed by atoms with Crippen LogP contribution < -0.4 is 9.47 Å². The zero-order valence-electron chi connectivity index (χ0n) is 26.5. The largest absolute Gasteiger partial charge is 0.497 e. The molecule has 1 unspecified atom stereocenters. The lowest BCUT2D eigenvalue weighted by molar-refractivity contribution is -0.387. The van der Waals surface area contributed by atoms with Crippen molar-refractivity contribution in [2.75, 3.05) is 14.2 Å². The van der Waals surface area contributed by atoms with Gasteiger partial charge in [-0.2, -0.15) is 9.40 Å². The van der Waals surface area contributed by atoms with E-state index in [0.717, 1.165) is 40.7 Å². The van der Waals surface area contributed by atoms with Crippen molar-refractivity contribution in [2.24, 2.45) is 0 Å². The second kappa shape index (κ2) is 13.3. The quantitative estimate of drug-likeness (QED) is 0.114. The summed E-state index contributed by atoms with van der Waals surface area (Å²) in [7, 11) is -0.848. The molecule has 0 spiro atoms. The van der Waals surface area contributed by atoms with Crippen molar-refractivity contribution in [2.45, 2.75) is 68.8 Å². The molecular formula is C35H38N4O7S. The van der Waals surface area contributed by atoms with Gasteiger partial charge in [-0.25, -0.2) is 8.42 Å². The molecule has 0 bridgehead atoms. The molecule has 2 aliphatic carbocycles. The lowest BCUT2D eigenvalue weighted by atomic mass is 9.88. The molecule has 0 fully saturated rings. The molecular weight excluding hydrogens is 620 g/mol. The number of fused-ring (bicyclic) bond motifs is 2. The highest BCUT2D eigenvalue weighted by Crippen LogP contribution is 2.48. The van der Waals surface area contributed by atoms with Gasteiger partial charge in [0.15, 0.2) is 5.03 Å². The van der Waals surface area contributed by atoms with Crippen LogP contribution in [0.15, 0.2) is 84.0 Å². The molecule has 0 amide bonds. The molecule has 4 aromatic rings. The van der Waals surface area contributed by atoms with Gasteiger partial charge in [-0.15, -0.1) is 0 Å². The first-order valence-electron chi connectivity index (χ1n) is 15.6. The summed E-state index contributed by atoms with van der Waals surface area (Å²) < 4.78 is 41.3. The molecule has 0 saturated carbocycles. The number of sulfonamides is 1. The van der Waals surface area contributed by atoms with Crippen LogP contribution >= 0.6 is 0 Å². The van der Waals surface area contributed by atoms with Crippen molar-refractivity contribution in [3.63, 3.8) is 0 Å². The van der Waals surface area contributed by atoms with Gasteiger partial charge in [0, 0.05) is 24.8 Å². The van der Waals surface area contributed by atoms with Gasteiger partial charge < -0.3 is 14.6 Å². The van der Waals surface area contributed by atoms with E-state index in [1.807, 2.05) is 30.3 Å². The normalized spacial score (nSPS) is 17.3. The summed E-state index contributed by atoms with van der Waals surface area (Å²) in [6.45, 7) is 0.517. The third kappa shape index (κ3) is 6.67. The van der Waals surface area contributed by atoms with E-state index in [0.29, 0.717) is 36.3 Å². The Hall–Kier alpha value is -4.52. The molecule has 246 valence electrons. The Bertz CT molecular complexity index is 1850. The molecule has 1 aromatic heterocycles. The van der Waals surface area contributed by atoms with E-state index in [-0.39, 0.29) is 41.7 Å². The van der Waals surface area contributed by atoms with Crippen LogP contribution in [0, 0.1) is 10.1 Å². The Morgan fingerprint density at radius 1 is 0.957 bits per heavy atom. The lowest BCUT2D eigenvalue weighted by Crippen LogP contribution is -2.30. The van der Waals surface area contributed by atoms with Crippen LogP contribution in [0.3, 0.4) is 0 Å². The maximum atomic E-state index is 13.9.